The minimum absolute atomic E-state index is 0.0103. The average molecular weight is 611 g/mol. The van der Waals surface area contributed by atoms with Crippen LogP contribution in [0.25, 0.3) is 0 Å². The molecule has 0 radical (unpaired) electrons. The molecule has 2 saturated heterocycles. The third-order valence-corrected chi connectivity index (χ3v) is 11.3. The van der Waals surface area contributed by atoms with Crippen molar-refractivity contribution in [3.05, 3.63) is 33.6 Å². The van der Waals surface area contributed by atoms with Gasteiger partial charge in [-0.3, -0.25) is 19.0 Å². The molecule has 39 heavy (non-hydrogen) atoms. The first kappa shape index (κ1) is 28.0. The van der Waals surface area contributed by atoms with Crippen molar-refractivity contribution >= 4 is 81.5 Å². The lowest BCUT2D eigenvalue weighted by Gasteiger charge is -2.49. The number of quaternary nitrogens is 1. The van der Waals surface area contributed by atoms with Gasteiger partial charge in [-0.1, -0.05) is 5.16 Å². The fourth-order valence-corrected chi connectivity index (χ4v) is 8.98. The maximum atomic E-state index is 13.1. The zero-order chi connectivity index (χ0) is 27.7. The summed E-state index contributed by atoms with van der Waals surface area (Å²) in [5.41, 5.74) is 6.44. The van der Waals surface area contributed by atoms with Crippen molar-refractivity contribution in [2.45, 2.75) is 28.8 Å². The first-order chi connectivity index (χ1) is 18.7. The second-order valence-electron chi connectivity index (χ2n) is 9.43. The van der Waals surface area contributed by atoms with Gasteiger partial charge in [-0.2, -0.15) is 0 Å². The summed E-state index contributed by atoms with van der Waals surface area (Å²) in [5, 5.41) is 19.8. The molecule has 2 amide bonds. The van der Waals surface area contributed by atoms with Crippen molar-refractivity contribution < 1.29 is 28.8 Å². The minimum atomic E-state index is -1.16. The van der Waals surface area contributed by atoms with E-state index in [2.05, 4.69) is 27.9 Å². The van der Waals surface area contributed by atoms with Gasteiger partial charge < -0.3 is 21.0 Å². The van der Waals surface area contributed by atoms with E-state index in [0.717, 1.165) is 34.7 Å². The Hall–Kier alpha value is -2.53. The molecule has 16 heteroatoms. The van der Waals surface area contributed by atoms with E-state index in [9.17, 15) is 19.5 Å². The van der Waals surface area contributed by atoms with Gasteiger partial charge in [-0.25, -0.2) is 14.8 Å². The molecule has 1 aromatic rings. The molecule has 4 aliphatic heterocycles. The van der Waals surface area contributed by atoms with Crippen molar-refractivity contribution in [3.63, 3.8) is 0 Å². The van der Waals surface area contributed by atoms with E-state index in [1.54, 1.807) is 28.9 Å². The molecular formula is C23H28N7O5S4+. The van der Waals surface area contributed by atoms with Crippen molar-refractivity contribution in [1.29, 1.82) is 0 Å². The van der Waals surface area contributed by atoms with Gasteiger partial charge in [0.1, 0.15) is 29.9 Å². The highest BCUT2D eigenvalue weighted by Crippen LogP contribution is 2.42. The Morgan fingerprint density at radius 1 is 1.38 bits per heavy atom. The number of carbonyl (C=O) groups excluding carboxylic acids is 2. The molecule has 2 unspecified atom stereocenters. The summed E-state index contributed by atoms with van der Waals surface area (Å²) in [7, 11) is 3.51. The number of thioether (sulfide) groups is 3. The maximum Gasteiger partial charge on any atom is 0.352 e. The number of amides is 2. The van der Waals surface area contributed by atoms with Gasteiger partial charge in [0.05, 0.1) is 30.1 Å². The number of carbonyl (C=O) groups is 3. The molecule has 3 atom stereocenters. The Bertz CT molecular complexity index is 1300. The molecule has 5 heterocycles. The fourth-order valence-electron chi connectivity index (χ4n) is 4.82. The number of hydrogen-bond donors (Lipinski definition) is 3. The number of nitrogen functional groups attached to an aromatic ring is 1. The number of thiazole rings is 1. The zero-order valence-electron chi connectivity index (χ0n) is 21.2. The van der Waals surface area contributed by atoms with E-state index in [1.807, 2.05) is 6.21 Å². The lowest BCUT2D eigenvalue weighted by atomic mass is 10.0. The van der Waals surface area contributed by atoms with E-state index in [4.69, 9.17) is 15.6 Å². The van der Waals surface area contributed by atoms with Crippen LogP contribution in [0.4, 0.5) is 5.13 Å². The van der Waals surface area contributed by atoms with Gasteiger partial charge in [0.25, 0.3) is 11.8 Å². The third kappa shape index (κ3) is 5.57. The molecule has 4 N–H and O–H groups in total. The molecule has 208 valence electrons. The normalized spacial score (nSPS) is 26.2. The minimum Gasteiger partial charge on any atom is -0.477 e. The summed E-state index contributed by atoms with van der Waals surface area (Å²) < 4.78 is 0.921. The molecular weight excluding hydrogens is 583 g/mol. The number of aliphatic imine (C=N–C) groups is 1. The quantitative estimate of drug-likeness (QED) is 0.163. The number of hydrogen-bond acceptors (Lipinski definition) is 12. The fraction of sp³-hybridized carbons (Fsp3) is 0.478. The number of likely N-dealkylation sites (tertiary alicyclic amines) is 1. The number of rotatable bonds is 9. The van der Waals surface area contributed by atoms with Crippen LogP contribution in [0.15, 0.2) is 38.0 Å². The van der Waals surface area contributed by atoms with Crippen LogP contribution in [0.3, 0.4) is 0 Å². The molecule has 0 aliphatic carbocycles. The van der Waals surface area contributed by atoms with Crippen molar-refractivity contribution in [2.75, 3.05) is 44.5 Å². The van der Waals surface area contributed by atoms with Crippen molar-refractivity contribution in [3.8, 4) is 0 Å². The van der Waals surface area contributed by atoms with Crippen LogP contribution in [0.2, 0.25) is 0 Å². The average Bonchev–Trinajstić information content (AvgIpc) is 3.57. The van der Waals surface area contributed by atoms with E-state index in [0.29, 0.717) is 17.1 Å². The zero-order valence-corrected chi connectivity index (χ0v) is 24.5. The summed E-state index contributed by atoms with van der Waals surface area (Å²) in [6.07, 6.45) is 4.35. The maximum absolute atomic E-state index is 13.1. The number of nitrogens with one attached hydrogen (secondary N) is 1. The molecule has 0 aromatic carbocycles. The SMILES string of the molecule is CO/N=C(\C(=O)N[C@@H]1C(=O)N2C(C(=O)O)=C(CSC3C=NC([N+]4(C)CCCC4)=CS3)CSC12)c1csc(N)n1. The number of anilines is 1. The second-order valence-corrected chi connectivity index (χ2v) is 13.9. The summed E-state index contributed by atoms with van der Waals surface area (Å²) in [5.74, 6) is -0.342. The van der Waals surface area contributed by atoms with Gasteiger partial charge in [-0.15, -0.1) is 46.6 Å². The number of aromatic nitrogens is 1. The largest absolute Gasteiger partial charge is 0.477 e. The topological polar surface area (TPSA) is 160 Å². The van der Waals surface area contributed by atoms with Crippen molar-refractivity contribution in [1.82, 2.24) is 15.2 Å². The number of fused-ring (bicyclic) bond motifs is 1. The highest BCUT2D eigenvalue weighted by Gasteiger charge is 2.54. The predicted octanol–water partition coefficient (Wildman–Crippen LogP) is 1.73. The van der Waals surface area contributed by atoms with Gasteiger partial charge in [0.2, 0.25) is 5.82 Å². The monoisotopic (exact) mass is 610 g/mol. The van der Waals surface area contributed by atoms with Gasteiger partial charge in [0.15, 0.2) is 10.8 Å². The van der Waals surface area contributed by atoms with Crippen LogP contribution in [0.5, 0.6) is 0 Å². The van der Waals surface area contributed by atoms with Crippen LogP contribution < -0.4 is 11.1 Å². The van der Waals surface area contributed by atoms with Gasteiger partial charge >= 0.3 is 5.97 Å². The lowest BCUT2D eigenvalue weighted by Crippen LogP contribution is -2.71. The first-order valence-electron chi connectivity index (χ1n) is 12.1. The van der Waals surface area contributed by atoms with Crippen molar-refractivity contribution in [2.24, 2.45) is 10.1 Å². The Morgan fingerprint density at radius 3 is 2.77 bits per heavy atom. The van der Waals surface area contributed by atoms with E-state index in [-0.39, 0.29) is 26.8 Å². The molecule has 0 spiro atoms. The Kier molecular flexibility index (Phi) is 8.28. The Labute approximate surface area is 241 Å². The molecule has 0 bridgehead atoms. The van der Waals surface area contributed by atoms with Crippen LogP contribution in [0.1, 0.15) is 18.5 Å². The summed E-state index contributed by atoms with van der Waals surface area (Å²) >= 11 is 5.84. The molecule has 12 nitrogen and oxygen atoms in total. The summed E-state index contributed by atoms with van der Waals surface area (Å²) in [6.45, 7) is 2.19. The number of β-lactam (4-membered cyclic amide) rings is 1. The van der Waals surface area contributed by atoms with Crippen LogP contribution in [-0.4, -0.2) is 104 Å². The number of aliphatic carboxylic acids is 1. The number of nitrogens with zero attached hydrogens (tertiary/aromatic N) is 5. The molecule has 5 rings (SSSR count). The smallest absolute Gasteiger partial charge is 0.352 e. The number of carboxylic acid groups (broad SMARTS) is 1. The first-order valence-corrected chi connectivity index (χ1v) is 16.0. The van der Waals surface area contributed by atoms with E-state index < -0.39 is 29.2 Å². The number of oxime groups is 1. The number of nitrogens with two attached hydrogens (primary N) is 1. The molecule has 0 saturated carbocycles. The standard InChI is InChI=1S/C23H27N7O5S4/c1-30(5-3-4-6-30)14-11-37-15(7-25-14)36-8-12-9-38-21-17(20(32)29(21)18(12)22(33)34)27-19(31)16(28-35-2)13-10-39-23(24)26-13/h7,10-11,15,17,21H,3-6,8-9H2,1-2H3,(H3-,24,26,27,31,33,34)/p+1/b28-16-/t15?,17-,21?/m1/s1. The van der Waals surface area contributed by atoms with Crippen LogP contribution in [-0.2, 0) is 19.2 Å². The molecule has 4 aliphatic rings. The van der Waals surface area contributed by atoms with Crippen LogP contribution >= 0.6 is 46.6 Å². The van der Waals surface area contributed by atoms with Gasteiger partial charge in [-0.05, 0) is 5.57 Å². The predicted molar refractivity (Wildman–Crippen MR) is 155 cm³/mol. The third-order valence-electron chi connectivity index (χ3n) is 6.86. The molecule has 1 aromatic heterocycles. The Balaban J connectivity index is 1.23. The van der Waals surface area contributed by atoms with Crippen LogP contribution in [0, 0.1) is 0 Å². The Morgan fingerprint density at radius 2 is 2.15 bits per heavy atom. The summed E-state index contributed by atoms with van der Waals surface area (Å²) in [4.78, 5) is 53.0. The highest BCUT2D eigenvalue weighted by atomic mass is 32.2. The van der Waals surface area contributed by atoms with E-state index in [1.165, 1.54) is 36.6 Å². The molecule has 2 fully saturated rings. The van der Waals surface area contributed by atoms with Gasteiger partial charge in [0, 0.05) is 35.9 Å². The number of carboxylic acids is 1. The second kappa shape index (κ2) is 11.5. The lowest BCUT2D eigenvalue weighted by molar-refractivity contribution is -0.860. The highest BCUT2D eigenvalue weighted by molar-refractivity contribution is 8.19. The summed E-state index contributed by atoms with van der Waals surface area (Å²) in [6, 6.07) is -0.899. The van der Waals surface area contributed by atoms with E-state index >= 15 is 0 Å².